The zero-order valence-corrected chi connectivity index (χ0v) is 29.5. The highest BCUT2D eigenvalue weighted by Gasteiger charge is 2.51. The fourth-order valence-electron chi connectivity index (χ4n) is 9.37. The standard InChI is InChI=1S/C42H47N3O4S/c1-27-37(26-50-38-10-2-3-15-43-38)48-40(49-39(27)33-13-11-28(25-46)12-14-33)36-9-5-8-35(20-36)34-7-4-6-29(19-34)24-44-41(47)45-42-21-30-16-31(22-42)18-32(17-30)23-42/h2-15,19-20,27,30-32,37,39-40,46H,16-18,21-26H2,1H3,(H2,44,45,47). The van der Waals surface area contributed by atoms with Crippen LogP contribution in [0, 0.1) is 23.7 Å². The molecule has 4 saturated carbocycles. The number of aliphatic hydroxyl groups excluding tert-OH is 1. The Labute approximate surface area is 299 Å². The third-order valence-corrected chi connectivity index (χ3v) is 12.5. The minimum absolute atomic E-state index is 0.000193. The van der Waals surface area contributed by atoms with Crippen LogP contribution in [0.25, 0.3) is 11.1 Å². The van der Waals surface area contributed by atoms with Gasteiger partial charge in [-0.25, -0.2) is 9.78 Å². The monoisotopic (exact) mass is 689 g/mol. The lowest BCUT2D eigenvalue weighted by Gasteiger charge is -2.56. The van der Waals surface area contributed by atoms with Gasteiger partial charge >= 0.3 is 6.03 Å². The molecule has 0 radical (unpaired) electrons. The van der Waals surface area contributed by atoms with Crippen molar-refractivity contribution in [2.24, 2.45) is 23.7 Å². The van der Waals surface area contributed by atoms with Crippen molar-refractivity contribution in [1.29, 1.82) is 0 Å². The van der Waals surface area contributed by atoms with Crippen molar-refractivity contribution in [2.45, 2.75) is 87.7 Å². The summed E-state index contributed by atoms with van der Waals surface area (Å²) in [5.74, 6) is 3.22. The summed E-state index contributed by atoms with van der Waals surface area (Å²) >= 11 is 1.70. The number of benzene rings is 3. The first kappa shape index (κ1) is 33.5. The predicted molar refractivity (Wildman–Crippen MR) is 196 cm³/mol. The van der Waals surface area contributed by atoms with Crippen molar-refractivity contribution >= 4 is 17.8 Å². The number of rotatable bonds is 10. The molecule has 7 nitrogen and oxygen atoms in total. The molecule has 9 rings (SSSR count). The number of hydrogen-bond acceptors (Lipinski definition) is 6. The number of carbonyl (C=O) groups excluding carboxylic acids is 1. The van der Waals surface area contributed by atoms with Crippen molar-refractivity contribution in [2.75, 3.05) is 5.75 Å². The van der Waals surface area contributed by atoms with Gasteiger partial charge in [0.15, 0.2) is 6.29 Å². The van der Waals surface area contributed by atoms with Crippen molar-refractivity contribution in [3.05, 3.63) is 119 Å². The van der Waals surface area contributed by atoms with Crippen LogP contribution in [0.15, 0.2) is 102 Å². The number of aliphatic hydroxyl groups is 1. The Morgan fingerprint density at radius 2 is 1.56 bits per heavy atom. The summed E-state index contributed by atoms with van der Waals surface area (Å²) < 4.78 is 13.5. The average Bonchev–Trinajstić information content (AvgIpc) is 3.13. The van der Waals surface area contributed by atoms with Crippen LogP contribution >= 0.6 is 11.8 Å². The van der Waals surface area contributed by atoms with E-state index in [1.54, 1.807) is 11.8 Å². The molecule has 4 aliphatic carbocycles. The van der Waals surface area contributed by atoms with Crippen LogP contribution in [0.2, 0.25) is 0 Å². The van der Waals surface area contributed by atoms with E-state index in [0.717, 1.165) is 81.2 Å². The van der Waals surface area contributed by atoms with Gasteiger partial charge in [-0.1, -0.05) is 73.7 Å². The molecule has 8 heteroatoms. The first-order chi connectivity index (χ1) is 24.4. The van der Waals surface area contributed by atoms with Gasteiger partial charge in [-0.3, -0.25) is 0 Å². The molecule has 260 valence electrons. The van der Waals surface area contributed by atoms with Gasteiger partial charge in [0.1, 0.15) is 0 Å². The first-order valence-electron chi connectivity index (χ1n) is 18.2. The second kappa shape index (κ2) is 14.5. The fraction of sp³-hybridized carbons (Fsp3) is 0.429. The topological polar surface area (TPSA) is 92.7 Å². The van der Waals surface area contributed by atoms with Gasteiger partial charge in [-0.15, -0.1) is 11.8 Å². The van der Waals surface area contributed by atoms with Crippen LogP contribution in [0.4, 0.5) is 4.79 Å². The number of aromatic nitrogens is 1. The van der Waals surface area contributed by atoms with Crippen LogP contribution in [0.5, 0.6) is 0 Å². The number of pyridine rings is 1. The van der Waals surface area contributed by atoms with Gasteiger partial charge in [0.05, 0.1) is 23.8 Å². The molecule has 4 unspecified atom stereocenters. The van der Waals surface area contributed by atoms with Gasteiger partial charge in [0.2, 0.25) is 0 Å². The molecule has 1 aliphatic heterocycles. The average molecular weight is 690 g/mol. The zero-order valence-electron chi connectivity index (χ0n) is 28.7. The number of nitrogens with zero attached hydrogens (tertiary/aromatic N) is 1. The highest BCUT2D eigenvalue weighted by molar-refractivity contribution is 7.99. The van der Waals surface area contributed by atoms with Gasteiger partial charge in [0, 0.05) is 35.5 Å². The summed E-state index contributed by atoms with van der Waals surface area (Å²) in [4.78, 5) is 17.7. The Balaban J connectivity index is 0.966. The summed E-state index contributed by atoms with van der Waals surface area (Å²) in [5.41, 5.74) is 6.11. The molecule has 0 spiro atoms. The molecular weight excluding hydrogens is 643 g/mol. The molecule has 3 N–H and O–H groups in total. The normalized spacial score (nSPS) is 29.8. The molecule has 1 aromatic heterocycles. The number of hydrogen-bond donors (Lipinski definition) is 3. The number of nitrogens with one attached hydrogen (secondary N) is 2. The summed E-state index contributed by atoms with van der Waals surface area (Å²) in [6, 6.07) is 30.7. The largest absolute Gasteiger partial charge is 0.392 e. The van der Waals surface area contributed by atoms with Gasteiger partial charge in [-0.2, -0.15) is 0 Å². The lowest BCUT2D eigenvalue weighted by Crippen LogP contribution is -2.61. The highest BCUT2D eigenvalue weighted by Crippen LogP contribution is 2.55. The minimum atomic E-state index is -0.555. The Hall–Kier alpha value is -3.69. The maximum absolute atomic E-state index is 13.1. The van der Waals surface area contributed by atoms with Crippen molar-refractivity contribution < 1.29 is 19.4 Å². The SMILES string of the molecule is CC1C(CSc2ccccn2)OC(c2cccc(-c3cccc(CNC(=O)NC45CC6CC(CC(C6)C4)C5)c3)c2)OC1c1ccc(CO)cc1. The van der Waals surface area contributed by atoms with Crippen LogP contribution in [-0.4, -0.2) is 33.5 Å². The van der Waals surface area contributed by atoms with E-state index in [9.17, 15) is 9.90 Å². The third-order valence-electron chi connectivity index (χ3n) is 11.4. The lowest BCUT2D eigenvalue weighted by molar-refractivity contribution is -0.268. The number of urea groups is 1. The zero-order chi connectivity index (χ0) is 34.1. The molecule has 5 fully saturated rings. The molecule has 3 aromatic carbocycles. The molecule has 5 aliphatic rings. The Kier molecular flexibility index (Phi) is 9.71. The predicted octanol–water partition coefficient (Wildman–Crippen LogP) is 8.59. The van der Waals surface area contributed by atoms with E-state index < -0.39 is 6.29 Å². The summed E-state index contributed by atoms with van der Waals surface area (Å²) in [5, 5.41) is 17.2. The van der Waals surface area contributed by atoms with E-state index in [4.69, 9.17) is 9.47 Å². The molecule has 1 saturated heterocycles. The molecule has 4 bridgehead atoms. The van der Waals surface area contributed by atoms with E-state index in [1.807, 2.05) is 36.5 Å². The quantitative estimate of drug-likeness (QED) is 0.145. The van der Waals surface area contributed by atoms with Crippen LogP contribution in [0.3, 0.4) is 0 Å². The first-order valence-corrected chi connectivity index (χ1v) is 19.2. The molecular formula is C42H47N3O4S. The van der Waals surface area contributed by atoms with Gasteiger partial charge in [-0.05, 0) is 108 Å². The summed E-state index contributed by atoms with van der Waals surface area (Å²) in [6.45, 7) is 2.67. The summed E-state index contributed by atoms with van der Waals surface area (Å²) in [7, 11) is 0. The Bertz CT molecular complexity index is 1750. The number of thioether (sulfide) groups is 1. The number of carbonyl (C=O) groups is 1. The van der Waals surface area contributed by atoms with Crippen LogP contribution in [0.1, 0.15) is 80.1 Å². The van der Waals surface area contributed by atoms with Gasteiger partial charge < -0.3 is 25.2 Å². The van der Waals surface area contributed by atoms with Gasteiger partial charge in [0.25, 0.3) is 0 Å². The number of amides is 2. The van der Waals surface area contributed by atoms with Crippen molar-refractivity contribution in [3.63, 3.8) is 0 Å². The number of ether oxygens (including phenoxy) is 2. The highest BCUT2D eigenvalue weighted by atomic mass is 32.2. The maximum Gasteiger partial charge on any atom is 0.315 e. The van der Waals surface area contributed by atoms with E-state index in [2.05, 4.69) is 83.2 Å². The lowest BCUT2D eigenvalue weighted by atomic mass is 9.53. The second-order valence-corrected chi connectivity index (χ2v) is 16.2. The van der Waals surface area contributed by atoms with E-state index >= 15 is 0 Å². The third kappa shape index (κ3) is 7.35. The smallest absolute Gasteiger partial charge is 0.315 e. The molecule has 4 aromatic rings. The van der Waals surface area contributed by atoms with E-state index in [0.29, 0.717) is 6.54 Å². The molecule has 2 heterocycles. The molecule has 2 amide bonds. The van der Waals surface area contributed by atoms with E-state index in [-0.39, 0.29) is 36.3 Å². The van der Waals surface area contributed by atoms with Crippen molar-refractivity contribution in [3.8, 4) is 11.1 Å². The Morgan fingerprint density at radius 3 is 2.26 bits per heavy atom. The second-order valence-electron chi connectivity index (χ2n) is 15.1. The van der Waals surface area contributed by atoms with Crippen LogP contribution in [-0.2, 0) is 22.6 Å². The molecule has 50 heavy (non-hydrogen) atoms. The fourth-order valence-corrected chi connectivity index (χ4v) is 10.4. The summed E-state index contributed by atoms with van der Waals surface area (Å²) in [6.07, 6.45) is 8.52. The Morgan fingerprint density at radius 1 is 0.840 bits per heavy atom. The molecule has 4 atom stereocenters. The van der Waals surface area contributed by atoms with E-state index in [1.165, 1.54) is 19.3 Å². The van der Waals surface area contributed by atoms with Crippen molar-refractivity contribution in [1.82, 2.24) is 15.6 Å². The van der Waals surface area contributed by atoms with Crippen LogP contribution < -0.4 is 10.6 Å². The maximum atomic E-state index is 13.1. The minimum Gasteiger partial charge on any atom is -0.392 e.